The second-order valence-corrected chi connectivity index (χ2v) is 4.58. The molecule has 1 aromatic carbocycles. The Bertz CT molecular complexity index is 450. The van der Waals surface area contributed by atoms with E-state index < -0.39 is 11.6 Å². The minimum absolute atomic E-state index is 0. The molecule has 1 aliphatic rings. The first-order valence-electron chi connectivity index (χ1n) is 6.00. The van der Waals surface area contributed by atoms with E-state index in [2.05, 4.69) is 5.32 Å². The minimum Gasteiger partial charge on any atom is -0.340 e. The third kappa shape index (κ3) is 3.88. The van der Waals surface area contributed by atoms with Crippen LogP contribution in [0.4, 0.5) is 8.78 Å². The van der Waals surface area contributed by atoms with Crippen LogP contribution < -0.4 is 5.32 Å². The number of amides is 1. The van der Waals surface area contributed by atoms with Crippen LogP contribution in [0.15, 0.2) is 18.2 Å². The van der Waals surface area contributed by atoms with Crippen molar-refractivity contribution >= 4 is 18.3 Å². The Morgan fingerprint density at radius 2 is 2.21 bits per heavy atom. The molecule has 1 fully saturated rings. The minimum atomic E-state index is -0.617. The van der Waals surface area contributed by atoms with Crippen molar-refractivity contribution in [3.8, 4) is 0 Å². The van der Waals surface area contributed by atoms with E-state index in [9.17, 15) is 13.6 Å². The number of hydrogen-bond donors (Lipinski definition) is 1. The molecule has 1 unspecified atom stereocenters. The first kappa shape index (κ1) is 15.9. The van der Waals surface area contributed by atoms with E-state index >= 15 is 0 Å². The molecule has 0 spiro atoms. The summed E-state index contributed by atoms with van der Waals surface area (Å²) < 4.78 is 26.2. The third-order valence-corrected chi connectivity index (χ3v) is 3.16. The van der Waals surface area contributed by atoms with Crippen LogP contribution in [0.5, 0.6) is 0 Å². The molecule has 1 aliphatic heterocycles. The van der Waals surface area contributed by atoms with Crippen LogP contribution in [-0.2, 0) is 11.3 Å². The summed E-state index contributed by atoms with van der Waals surface area (Å²) in [6.45, 7) is 0.998. The molecule has 2 rings (SSSR count). The molecule has 0 saturated carbocycles. The van der Waals surface area contributed by atoms with Gasteiger partial charge in [0.05, 0.1) is 6.04 Å². The highest BCUT2D eigenvalue weighted by Crippen LogP contribution is 2.14. The zero-order valence-electron chi connectivity index (χ0n) is 10.7. The van der Waals surface area contributed by atoms with E-state index in [1.165, 1.54) is 17.0 Å². The van der Waals surface area contributed by atoms with Gasteiger partial charge >= 0.3 is 0 Å². The SMILES string of the molecule is CN(Cc1ccc(F)cc1F)C(=O)C1CCCN1.Cl. The van der Waals surface area contributed by atoms with E-state index in [-0.39, 0.29) is 30.9 Å². The van der Waals surface area contributed by atoms with E-state index in [1.807, 2.05) is 0 Å². The Morgan fingerprint density at radius 3 is 2.79 bits per heavy atom. The molecule has 0 radical (unpaired) electrons. The van der Waals surface area contributed by atoms with Crippen molar-refractivity contribution in [3.63, 3.8) is 0 Å². The van der Waals surface area contributed by atoms with Gasteiger partial charge in [0.2, 0.25) is 5.91 Å². The largest absolute Gasteiger partial charge is 0.340 e. The first-order valence-corrected chi connectivity index (χ1v) is 6.00. The normalized spacial score (nSPS) is 17.9. The number of benzene rings is 1. The number of halogens is 3. The monoisotopic (exact) mass is 290 g/mol. The molecule has 3 nitrogen and oxygen atoms in total. The van der Waals surface area contributed by atoms with Gasteiger partial charge in [-0.1, -0.05) is 6.07 Å². The summed E-state index contributed by atoms with van der Waals surface area (Å²) in [5.41, 5.74) is 0.324. The molecule has 0 aromatic heterocycles. The maximum atomic E-state index is 13.5. The average molecular weight is 291 g/mol. The first-order chi connectivity index (χ1) is 8.58. The van der Waals surface area contributed by atoms with Gasteiger partial charge in [-0.05, 0) is 25.5 Å². The highest BCUT2D eigenvalue weighted by Gasteiger charge is 2.25. The van der Waals surface area contributed by atoms with Crippen molar-refractivity contribution in [3.05, 3.63) is 35.4 Å². The molecule has 1 atom stereocenters. The average Bonchev–Trinajstić information content (AvgIpc) is 2.85. The summed E-state index contributed by atoms with van der Waals surface area (Å²) in [6.07, 6.45) is 1.80. The molecule has 1 amide bonds. The van der Waals surface area contributed by atoms with Crippen molar-refractivity contribution in [2.45, 2.75) is 25.4 Å². The van der Waals surface area contributed by atoms with Crippen molar-refractivity contribution in [2.24, 2.45) is 0 Å². The van der Waals surface area contributed by atoms with Gasteiger partial charge in [-0.15, -0.1) is 12.4 Å². The highest BCUT2D eigenvalue weighted by atomic mass is 35.5. The van der Waals surface area contributed by atoms with Crippen molar-refractivity contribution in [1.29, 1.82) is 0 Å². The van der Waals surface area contributed by atoms with Gasteiger partial charge in [0.25, 0.3) is 0 Å². The van der Waals surface area contributed by atoms with Gasteiger partial charge in [-0.25, -0.2) is 8.78 Å². The molecule has 1 N–H and O–H groups in total. The summed E-state index contributed by atoms with van der Waals surface area (Å²) in [5.74, 6) is -1.27. The van der Waals surface area contributed by atoms with Gasteiger partial charge in [0.1, 0.15) is 11.6 Å². The van der Waals surface area contributed by atoms with Gasteiger partial charge < -0.3 is 10.2 Å². The number of likely N-dealkylation sites (N-methyl/N-ethyl adjacent to an activating group) is 1. The van der Waals surface area contributed by atoms with Gasteiger partial charge in [-0.2, -0.15) is 0 Å². The molecular formula is C13H17ClF2N2O. The number of rotatable bonds is 3. The predicted octanol–water partition coefficient (Wildman–Crippen LogP) is 2.10. The van der Waals surface area contributed by atoms with E-state index in [4.69, 9.17) is 0 Å². The van der Waals surface area contributed by atoms with E-state index in [1.54, 1.807) is 7.05 Å². The molecule has 0 aliphatic carbocycles. The van der Waals surface area contributed by atoms with Crippen LogP contribution in [0.2, 0.25) is 0 Å². The van der Waals surface area contributed by atoms with Crippen molar-refractivity contribution in [2.75, 3.05) is 13.6 Å². The van der Waals surface area contributed by atoms with Gasteiger partial charge in [0.15, 0.2) is 0 Å². The summed E-state index contributed by atoms with van der Waals surface area (Å²) in [4.78, 5) is 13.5. The Balaban J connectivity index is 0.00000180. The van der Waals surface area contributed by atoms with Gasteiger partial charge in [0, 0.05) is 25.2 Å². The Hall–Kier alpha value is -1.20. The Morgan fingerprint density at radius 1 is 1.47 bits per heavy atom. The van der Waals surface area contributed by atoms with Crippen molar-refractivity contribution < 1.29 is 13.6 Å². The molecule has 1 aromatic rings. The molecule has 6 heteroatoms. The fourth-order valence-corrected chi connectivity index (χ4v) is 2.14. The molecule has 1 heterocycles. The zero-order chi connectivity index (χ0) is 13.1. The second kappa shape index (κ2) is 6.82. The predicted molar refractivity (Wildman–Crippen MR) is 71.1 cm³/mol. The van der Waals surface area contributed by atoms with Crippen LogP contribution in [0.3, 0.4) is 0 Å². The summed E-state index contributed by atoms with van der Waals surface area (Å²) in [6, 6.07) is 3.24. The van der Waals surface area contributed by atoms with Crippen LogP contribution >= 0.6 is 12.4 Å². The highest BCUT2D eigenvalue weighted by molar-refractivity contribution is 5.85. The Kier molecular flexibility index (Phi) is 5.69. The fraction of sp³-hybridized carbons (Fsp3) is 0.462. The number of carbonyl (C=O) groups excluding carboxylic acids is 1. The molecule has 19 heavy (non-hydrogen) atoms. The third-order valence-electron chi connectivity index (χ3n) is 3.16. The molecule has 106 valence electrons. The summed E-state index contributed by atoms with van der Waals surface area (Å²) in [5, 5.41) is 3.10. The summed E-state index contributed by atoms with van der Waals surface area (Å²) >= 11 is 0. The van der Waals surface area contributed by atoms with Crippen LogP contribution in [0, 0.1) is 11.6 Å². The van der Waals surface area contributed by atoms with Crippen LogP contribution in [0.1, 0.15) is 18.4 Å². The molecule has 1 saturated heterocycles. The summed E-state index contributed by atoms with van der Waals surface area (Å²) in [7, 11) is 1.63. The topological polar surface area (TPSA) is 32.3 Å². The lowest BCUT2D eigenvalue weighted by molar-refractivity contribution is -0.132. The number of nitrogens with zero attached hydrogens (tertiary/aromatic N) is 1. The Labute approximate surface area is 117 Å². The standard InChI is InChI=1S/C13H16F2N2O.ClH/c1-17(13(18)12-3-2-6-16-12)8-9-4-5-10(14)7-11(9)15;/h4-5,7,12,16H,2-3,6,8H2,1H3;1H. The van der Waals surface area contributed by atoms with Gasteiger partial charge in [-0.3, -0.25) is 4.79 Å². The lowest BCUT2D eigenvalue weighted by atomic mass is 10.1. The van der Waals surface area contributed by atoms with E-state index in [0.717, 1.165) is 25.5 Å². The zero-order valence-corrected chi connectivity index (χ0v) is 11.5. The maximum Gasteiger partial charge on any atom is 0.239 e. The number of nitrogens with one attached hydrogen (secondary N) is 1. The van der Waals surface area contributed by atoms with Crippen LogP contribution in [-0.4, -0.2) is 30.4 Å². The van der Waals surface area contributed by atoms with E-state index in [0.29, 0.717) is 5.56 Å². The number of hydrogen-bond acceptors (Lipinski definition) is 2. The molecular weight excluding hydrogens is 274 g/mol. The fourth-order valence-electron chi connectivity index (χ4n) is 2.14. The lowest BCUT2D eigenvalue weighted by Crippen LogP contribution is -2.41. The maximum absolute atomic E-state index is 13.5. The van der Waals surface area contributed by atoms with Crippen molar-refractivity contribution in [1.82, 2.24) is 10.2 Å². The second-order valence-electron chi connectivity index (χ2n) is 4.58. The smallest absolute Gasteiger partial charge is 0.239 e. The number of carbonyl (C=O) groups is 1. The quantitative estimate of drug-likeness (QED) is 0.925. The van der Waals surface area contributed by atoms with Crippen LogP contribution in [0.25, 0.3) is 0 Å². The molecule has 0 bridgehead atoms. The lowest BCUT2D eigenvalue weighted by Gasteiger charge is -2.21.